The van der Waals surface area contributed by atoms with Crippen LogP contribution in [0, 0.1) is 0 Å². The van der Waals surface area contributed by atoms with E-state index in [1.54, 1.807) is 17.5 Å². The lowest BCUT2D eigenvalue weighted by Gasteiger charge is -2.22. The summed E-state index contributed by atoms with van der Waals surface area (Å²) in [7, 11) is -3.52. The largest absolute Gasteiger partial charge is 0.317 e. The summed E-state index contributed by atoms with van der Waals surface area (Å²) in [5.41, 5.74) is 1.93. The highest BCUT2D eigenvalue weighted by atomic mass is 32.2. The highest BCUT2D eigenvalue weighted by molar-refractivity contribution is 7.92. The Kier molecular flexibility index (Phi) is 3.75. The van der Waals surface area contributed by atoms with E-state index < -0.39 is 10.0 Å². The van der Waals surface area contributed by atoms with Crippen LogP contribution in [0.4, 0.5) is 0 Å². The van der Waals surface area contributed by atoms with Crippen molar-refractivity contribution in [2.75, 3.05) is 13.1 Å². The Labute approximate surface area is 139 Å². The van der Waals surface area contributed by atoms with Gasteiger partial charge in [0.15, 0.2) is 0 Å². The van der Waals surface area contributed by atoms with E-state index in [4.69, 9.17) is 0 Å². The molecule has 1 aliphatic rings. The van der Waals surface area contributed by atoms with Gasteiger partial charge in [-0.1, -0.05) is 24.3 Å². The normalized spacial score (nSPS) is 16.9. The van der Waals surface area contributed by atoms with Crippen LogP contribution in [0.15, 0.2) is 52.2 Å². The number of hydrogen-bond acceptors (Lipinski definition) is 4. The molecular weight excluding hydrogens is 328 g/mol. The minimum Gasteiger partial charge on any atom is -0.317 e. The summed E-state index contributed by atoms with van der Waals surface area (Å²) >= 11 is 1.26. The van der Waals surface area contributed by atoms with Crippen molar-refractivity contribution in [1.82, 2.24) is 9.29 Å². The highest BCUT2D eigenvalue weighted by Gasteiger charge is 2.25. The first-order valence-electron chi connectivity index (χ1n) is 7.78. The Morgan fingerprint density at radius 3 is 2.61 bits per heavy atom. The van der Waals surface area contributed by atoms with Crippen LogP contribution in [0.3, 0.4) is 0 Å². The monoisotopic (exact) mass is 346 g/mol. The average Bonchev–Trinajstić information content (AvgIpc) is 3.24. The van der Waals surface area contributed by atoms with Gasteiger partial charge in [-0.3, -0.25) is 0 Å². The number of aromatic nitrogens is 1. The Bertz CT molecular complexity index is 921. The maximum absolute atomic E-state index is 13.0. The second-order valence-electron chi connectivity index (χ2n) is 5.86. The summed E-state index contributed by atoms with van der Waals surface area (Å²) in [5.74, 6) is 0.418. The second-order valence-corrected chi connectivity index (χ2v) is 8.85. The summed E-state index contributed by atoms with van der Waals surface area (Å²) < 4.78 is 27.8. The van der Waals surface area contributed by atoms with Crippen molar-refractivity contribution in [3.63, 3.8) is 0 Å². The minimum atomic E-state index is -3.52. The van der Waals surface area contributed by atoms with Crippen molar-refractivity contribution in [3.8, 4) is 0 Å². The Morgan fingerprint density at radius 1 is 1.09 bits per heavy atom. The number of nitrogens with zero attached hydrogens (tertiary/aromatic N) is 1. The fourth-order valence-corrected chi connectivity index (χ4v) is 5.80. The van der Waals surface area contributed by atoms with Gasteiger partial charge < -0.3 is 5.32 Å². The second kappa shape index (κ2) is 5.78. The van der Waals surface area contributed by atoms with E-state index in [-0.39, 0.29) is 0 Å². The molecule has 120 valence electrons. The number of para-hydroxylation sites is 1. The first-order valence-corrected chi connectivity index (χ1v) is 10.1. The predicted molar refractivity (Wildman–Crippen MR) is 93.7 cm³/mol. The number of hydrogen-bond donors (Lipinski definition) is 1. The molecule has 0 spiro atoms. The SMILES string of the molecule is O=S(=O)(c1cccs1)n1cc(C2CCNCC2)c2ccccc21. The van der Waals surface area contributed by atoms with E-state index in [0.717, 1.165) is 42.4 Å². The summed E-state index contributed by atoms with van der Waals surface area (Å²) in [6.07, 6.45) is 3.94. The molecule has 0 aliphatic carbocycles. The number of rotatable bonds is 3. The lowest BCUT2D eigenvalue weighted by Crippen LogP contribution is -2.26. The maximum Gasteiger partial charge on any atom is 0.277 e. The van der Waals surface area contributed by atoms with Gasteiger partial charge in [-0.05, 0) is 54.9 Å². The van der Waals surface area contributed by atoms with Crippen molar-refractivity contribution >= 4 is 32.3 Å². The number of thiophene rings is 1. The van der Waals surface area contributed by atoms with Gasteiger partial charge in [-0.25, -0.2) is 3.97 Å². The topological polar surface area (TPSA) is 51.1 Å². The van der Waals surface area contributed by atoms with Crippen LogP contribution in [0.5, 0.6) is 0 Å². The van der Waals surface area contributed by atoms with Gasteiger partial charge in [0.05, 0.1) is 5.52 Å². The molecule has 4 nitrogen and oxygen atoms in total. The molecule has 0 unspecified atom stereocenters. The standard InChI is InChI=1S/C17H18N2O2S2/c20-23(21,17-6-3-11-22-17)19-12-15(13-7-9-18-10-8-13)14-4-1-2-5-16(14)19/h1-6,11-13,18H,7-10H2. The Balaban J connectivity index is 1.91. The van der Waals surface area contributed by atoms with Crippen molar-refractivity contribution in [2.45, 2.75) is 23.0 Å². The molecule has 23 heavy (non-hydrogen) atoms. The van der Waals surface area contributed by atoms with Crippen LogP contribution in [-0.2, 0) is 10.0 Å². The average molecular weight is 346 g/mol. The van der Waals surface area contributed by atoms with Gasteiger partial charge in [0, 0.05) is 11.6 Å². The molecule has 1 aliphatic heterocycles. The quantitative estimate of drug-likeness (QED) is 0.791. The van der Waals surface area contributed by atoms with Gasteiger partial charge in [-0.15, -0.1) is 11.3 Å². The fourth-order valence-electron chi connectivity index (χ4n) is 3.34. The molecule has 0 bridgehead atoms. The molecule has 3 heterocycles. The number of fused-ring (bicyclic) bond motifs is 1. The van der Waals surface area contributed by atoms with Crippen LogP contribution in [0.2, 0.25) is 0 Å². The molecule has 0 amide bonds. The van der Waals surface area contributed by atoms with Gasteiger partial charge in [-0.2, -0.15) is 8.42 Å². The van der Waals surface area contributed by atoms with Crippen LogP contribution in [-0.4, -0.2) is 25.5 Å². The van der Waals surface area contributed by atoms with Crippen molar-refractivity contribution in [3.05, 3.63) is 53.5 Å². The lowest BCUT2D eigenvalue weighted by molar-refractivity contribution is 0.462. The minimum absolute atomic E-state index is 0.384. The van der Waals surface area contributed by atoms with E-state index in [1.165, 1.54) is 15.3 Å². The summed E-state index contributed by atoms with van der Waals surface area (Å²) in [6.45, 7) is 1.98. The van der Waals surface area contributed by atoms with Crippen molar-refractivity contribution < 1.29 is 8.42 Å². The van der Waals surface area contributed by atoms with Gasteiger partial charge in [0.1, 0.15) is 4.21 Å². The van der Waals surface area contributed by atoms with Crippen LogP contribution in [0.25, 0.3) is 10.9 Å². The molecular formula is C17H18N2O2S2. The molecule has 3 aromatic rings. The van der Waals surface area contributed by atoms with Crippen LogP contribution in [0.1, 0.15) is 24.3 Å². The van der Waals surface area contributed by atoms with Gasteiger partial charge >= 0.3 is 0 Å². The molecule has 6 heteroatoms. The molecule has 1 N–H and O–H groups in total. The molecule has 1 saturated heterocycles. The smallest absolute Gasteiger partial charge is 0.277 e. The first-order chi connectivity index (χ1) is 11.2. The van der Waals surface area contributed by atoms with Crippen molar-refractivity contribution in [1.29, 1.82) is 0 Å². The van der Waals surface area contributed by atoms with E-state index in [1.807, 2.05) is 30.5 Å². The molecule has 4 rings (SSSR count). The van der Waals surface area contributed by atoms with E-state index >= 15 is 0 Å². The molecule has 0 saturated carbocycles. The summed E-state index contributed by atoms with van der Waals surface area (Å²) in [5, 5.41) is 6.22. The maximum atomic E-state index is 13.0. The van der Waals surface area contributed by atoms with Crippen LogP contribution < -0.4 is 5.32 Å². The van der Waals surface area contributed by atoms with E-state index in [2.05, 4.69) is 5.32 Å². The molecule has 1 fully saturated rings. The molecule has 0 atom stereocenters. The fraction of sp³-hybridized carbons (Fsp3) is 0.294. The number of benzene rings is 1. The van der Waals surface area contributed by atoms with Crippen molar-refractivity contribution in [2.24, 2.45) is 0 Å². The zero-order chi connectivity index (χ0) is 15.9. The molecule has 2 aromatic heterocycles. The van der Waals surface area contributed by atoms with Gasteiger partial charge in [0.2, 0.25) is 0 Å². The zero-order valence-electron chi connectivity index (χ0n) is 12.6. The Hall–Kier alpha value is -1.63. The van der Waals surface area contributed by atoms with Crippen LogP contribution >= 0.6 is 11.3 Å². The third-order valence-electron chi connectivity index (χ3n) is 4.50. The predicted octanol–water partition coefficient (Wildman–Crippen LogP) is 3.41. The summed E-state index contributed by atoms with van der Waals surface area (Å²) in [4.78, 5) is 0. The zero-order valence-corrected chi connectivity index (χ0v) is 14.2. The van der Waals surface area contributed by atoms with E-state index in [9.17, 15) is 8.42 Å². The Morgan fingerprint density at radius 2 is 1.87 bits per heavy atom. The number of nitrogens with one attached hydrogen (secondary N) is 1. The molecule has 1 aromatic carbocycles. The van der Waals surface area contributed by atoms with E-state index in [0.29, 0.717) is 10.1 Å². The number of piperidine rings is 1. The third-order valence-corrected chi connectivity index (χ3v) is 7.54. The summed E-state index contributed by atoms with van der Waals surface area (Å²) in [6, 6.07) is 11.2. The highest BCUT2D eigenvalue weighted by Crippen LogP contribution is 2.35. The third kappa shape index (κ3) is 2.51. The van der Waals surface area contributed by atoms with Gasteiger partial charge in [0.25, 0.3) is 10.0 Å². The molecule has 0 radical (unpaired) electrons. The first kappa shape index (κ1) is 14.9. The lowest BCUT2D eigenvalue weighted by atomic mass is 9.90.